The number of nitrogens with one attached hydrogen (secondary N) is 1. The first-order chi connectivity index (χ1) is 16.4. The molecule has 34 heavy (non-hydrogen) atoms. The minimum absolute atomic E-state index is 0.346. The van der Waals surface area contributed by atoms with Crippen molar-refractivity contribution in [3.8, 4) is 17.2 Å². The van der Waals surface area contributed by atoms with E-state index >= 15 is 0 Å². The van der Waals surface area contributed by atoms with Gasteiger partial charge >= 0.3 is 5.97 Å². The van der Waals surface area contributed by atoms with Gasteiger partial charge in [0.1, 0.15) is 5.00 Å². The fourth-order valence-corrected chi connectivity index (χ4v) is 5.41. The van der Waals surface area contributed by atoms with Gasteiger partial charge < -0.3 is 24.3 Å². The monoisotopic (exact) mass is 489 g/mol. The summed E-state index contributed by atoms with van der Waals surface area (Å²) in [5.74, 6) is 1.20. The van der Waals surface area contributed by atoms with E-state index in [1.807, 2.05) is 27.7 Å². The number of benzene rings is 1. The lowest BCUT2D eigenvalue weighted by atomic mass is 9.88. The molecule has 3 rings (SSSR count). The molecule has 186 valence electrons. The maximum absolute atomic E-state index is 13.4. The second kappa shape index (κ2) is 12.1. The maximum Gasteiger partial charge on any atom is 0.341 e. The predicted octanol–water partition coefficient (Wildman–Crippen LogP) is 5.89. The Morgan fingerprint density at radius 1 is 1.03 bits per heavy atom. The van der Waals surface area contributed by atoms with Crippen LogP contribution < -0.4 is 19.5 Å². The Labute approximate surface area is 205 Å². The van der Waals surface area contributed by atoms with Crippen LogP contribution in [0.25, 0.3) is 0 Å². The molecule has 0 aliphatic heterocycles. The molecule has 0 radical (unpaired) electrons. The Morgan fingerprint density at radius 2 is 1.68 bits per heavy atom. The molecule has 1 aliphatic rings. The molecular weight excluding hydrogens is 454 g/mol. The van der Waals surface area contributed by atoms with Gasteiger partial charge in [0, 0.05) is 10.4 Å². The van der Waals surface area contributed by atoms with Gasteiger partial charge in [0.15, 0.2) is 11.5 Å². The Bertz CT molecular complexity index is 988. The lowest BCUT2D eigenvalue weighted by Crippen LogP contribution is -2.17. The Kier molecular flexibility index (Phi) is 9.21. The smallest absolute Gasteiger partial charge is 0.341 e. The molecule has 0 bridgehead atoms. The summed E-state index contributed by atoms with van der Waals surface area (Å²) in [5.41, 5.74) is 1.87. The first kappa shape index (κ1) is 25.9. The summed E-state index contributed by atoms with van der Waals surface area (Å²) in [5, 5.41) is 3.51. The highest BCUT2D eigenvalue weighted by atomic mass is 32.1. The van der Waals surface area contributed by atoms with Crippen molar-refractivity contribution in [1.29, 1.82) is 0 Å². The number of rotatable bonds is 11. The van der Waals surface area contributed by atoms with E-state index in [9.17, 15) is 9.59 Å². The molecule has 8 heteroatoms. The lowest BCUT2D eigenvalue weighted by molar-refractivity contribution is 0.0505. The predicted molar refractivity (Wildman–Crippen MR) is 134 cm³/mol. The number of esters is 1. The van der Waals surface area contributed by atoms with Gasteiger partial charge in [-0.05, 0) is 70.1 Å². The number of carbonyl (C=O) groups is 2. The van der Waals surface area contributed by atoms with E-state index in [1.165, 1.54) is 11.3 Å². The number of carbonyl (C=O) groups excluding carboxylic acids is 2. The number of amides is 1. The number of ether oxygens (including phenoxy) is 4. The quantitative estimate of drug-likeness (QED) is 0.397. The Morgan fingerprint density at radius 3 is 2.26 bits per heavy atom. The number of fused-ring (bicyclic) bond motifs is 1. The van der Waals surface area contributed by atoms with Crippen molar-refractivity contribution in [3.63, 3.8) is 0 Å². The van der Waals surface area contributed by atoms with E-state index in [4.69, 9.17) is 18.9 Å². The summed E-state index contributed by atoms with van der Waals surface area (Å²) >= 11 is 1.47. The van der Waals surface area contributed by atoms with Gasteiger partial charge in [-0.15, -0.1) is 11.3 Å². The highest BCUT2D eigenvalue weighted by Crippen LogP contribution is 2.42. The van der Waals surface area contributed by atoms with E-state index in [1.54, 1.807) is 12.1 Å². The largest absolute Gasteiger partial charge is 0.490 e. The average molecular weight is 490 g/mol. The van der Waals surface area contributed by atoms with E-state index in [0.717, 1.165) is 36.1 Å². The molecule has 1 amide bonds. The van der Waals surface area contributed by atoms with E-state index in [-0.39, 0.29) is 11.9 Å². The second-order valence-corrected chi connectivity index (χ2v) is 9.35. The maximum atomic E-state index is 13.4. The number of anilines is 1. The molecule has 1 aliphatic carbocycles. The molecule has 1 aromatic carbocycles. The molecular formula is C26H35NO6S. The van der Waals surface area contributed by atoms with Crippen molar-refractivity contribution in [2.24, 2.45) is 5.92 Å². The average Bonchev–Trinajstić information content (AvgIpc) is 3.16. The Balaban J connectivity index is 1.98. The fourth-order valence-electron chi connectivity index (χ4n) is 4.02. The third-order valence-corrected chi connectivity index (χ3v) is 6.72. The van der Waals surface area contributed by atoms with Crippen LogP contribution in [0.4, 0.5) is 5.00 Å². The number of hydrogen-bond donors (Lipinski definition) is 1. The first-order valence-corrected chi connectivity index (χ1v) is 12.9. The van der Waals surface area contributed by atoms with Crippen molar-refractivity contribution in [3.05, 3.63) is 33.7 Å². The van der Waals surface area contributed by atoms with E-state index in [0.29, 0.717) is 65.7 Å². The van der Waals surface area contributed by atoms with E-state index < -0.39 is 0 Å². The van der Waals surface area contributed by atoms with Crippen LogP contribution in [0.5, 0.6) is 17.2 Å². The third-order valence-electron chi connectivity index (χ3n) is 5.55. The van der Waals surface area contributed by atoms with E-state index in [2.05, 4.69) is 12.2 Å². The lowest BCUT2D eigenvalue weighted by Gasteiger charge is -2.18. The standard InChI is InChI=1S/C26H35NO6S/c1-6-12-33-26(29)22-18-11-10-16(5)13-21(18)34-25(22)27-24(28)17-14-19(30-7-2)23(32-9-4)20(15-17)31-8-3/h14-16H,6-13H2,1-5H3,(H,27,28). The van der Waals surface area contributed by atoms with Gasteiger partial charge in [0.2, 0.25) is 5.75 Å². The summed E-state index contributed by atoms with van der Waals surface area (Å²) in [6, 6.07) is 3.30. The molecule has 1 unspecified atom stereocenters. The van der Waals surface area contributed by atoms with Crippen LogP contribution in [0.15, 0.2) is 12.1 Å². The summed E-state index contributed by atoms with van der Waals surface area (Å²) in [6.45, 7) is 11.4. The molecule has 0 spiro atoms. The molecule has 2 aromatic rings. The molecule has 7 nitrogen and oxygen atoms in total. The minimum atomic E-state index is -0.374. The van der Waals surface area contributed by atoms with Crippen LogP contribution in [-0.4, -0.2) is 38.3 Å². The zero-order valence-electron chi connectivity index (χ0n) is 20.7. The molecule has 0 saturated carbocycles. The van der Waals surface area contributed by atoms with Gasteiger partial charge in [0.05, 0.1) is 32.0 Å². The second-order valence-electron chi connectivity index (χ2n) is 8.25. The van der Waals surface area contributed by atoms with Gasteiger partial charge in [0.25, 0.3) is 5.91 Å². The zero-order valence-corrected chi connectivity index (χ0v) is 21.6. The van der Waals surface area contributed by atoms with Crippen LogP contribution in [0.3, 0.4) is 0 Å². The highest BCUT2D eigenvalue weighted by molar-refractivity contribution is 7.17. The molecule has 1 N–H and O–H groups in total. The van der Waals surface area contributed by atoms with Gasteiger partial charge in [-0.25, -0.2) is 4.79 Å². The molecule has 0 saturated heterocycles. The van der Waals surface area contributed by atoms with Crippen LogP contribution in [0, 0.1) is 5.92 Å². The highest BCUT2D eigenvalue weighted by Gasteiger charge is 2.30. The van der Waals surface area contributed by atoms with Crippen LogP contribution in [0.1, 0.15) is 78.6 Å². The van der Waals surface area contributed by atoms with Crippen LogP contribution in [-0.2, 0) is 17.6 Å². The van der Waals surface area contributed by atoms with Gasteiger partial charge in [-0.2, -0.15) is 0 Å². The van der Waals surface area contributed by atoms with Crippen molar-refractivity contribution < 1.29 is 28.5 Å². The zero-order chi connectivity index (χ0) is 24.7. The normalized spacial score (nSPS) is 14.8. The van der Waals surface area contributed by atoms with Crippen molar-refractivity contribution in [1.82, 2.24) is 0 Å². The summed E-state index contributed by atoms with van der Waals surface area (Å²) in [7, 11) is 0. The third kappa shape index (κ3) is 5.84. The fraction of sp³-hybridized carbons (Fsp3) is 0.538. The number of hydrogen-bond acceptors (Lipinski definition) is 7. The van der Waals surface area contributed by atoms with Crippen molar-refractivity contribution >= 4 is 28.2 Å². The first-order valence-electron chi connectivity index (χ1n) is 12.1. The molecule has 0 fully saturated rings. The van der Waals surface area contributed by atoms with Gasteiger partial charge in [-0.3, -0.25) is 4.79 Å². The van der Waals surface area contributed by atoms with Crippen LogP contribution in [0.2, 0.25) is 0 Å². The number of thiophene rings is 1. The molecule has 1 aromatic heterocycles. The summed E-state index contributed by atoms with van der Waals surface area (Å²) in [6.07, 6.45) is 3.46. The summed E-state index contributed by atoms with van der Waals surface area (Å²) in [4.78, 5) is 27.4. The topological polar surface area (TPSA) is 83.1 Å². The molecule has 1 heterocycles. The molecule has 1 atom stereocenters. The van der Waals surface area contributed by atoms with Crippen molar-refractivity contribution in [2.45, 2.75) is 60.3 Å². The summed E-state index contributed by atoms with van der Waals surface area (Å²) < 4.78 is 22.7. The van der Waals surface area contributed by atoms with Crippen LogP contribution >= 0.6 is 11.3 Å². The minimum Gasteiger partial charge on any atom is -0.490 e. The van der Waals surface area contributed by atoms with Gasteiger partial charge in [-0.1, -0.05) is 13.8 Å². The SMILES string of the molecule is CCCOC(=O)c1c(NC(=O)c2cc(OCC)c(OCC)c(OCC)c2)sc2c1CCC(C)C2. The van der Waals surface area contributed by atoms with Crippen molar-refractivity contribution in [2.75, 3.05) is 31.7 Å². The Hall–Kier alpha value is -2.74.